The third kappa shape index (κ3) is 3.56. The van der Waals surface area contributed by atoms with Gasteiger partial charge in [0.15, 0.2) is 5.69 Å². The minimum atomic E-state index is -0.563. The molecule has 1 aromatic carbocycles. The van der Waals surface area contributed by atoms with Gasteiger partial charge >= 0.3 is 0 Å². The molecule has 0 unspecified atom stereocenters. The monoisotopic (exact) mass is 389 g/mol. The largest absolute Gasteiger partial charge is 0.378 e. The molecule has 11 nitrogen and oxygen atoms in total. The first-order chi connectivity index (χ1) is 14.1. The molecule has 1 amide bonds. The van der Waals surface area contributed by atoms with Gasteiger partial charge in [0.05, 0.1) is 11.4 Å². The molecule has 3 aromatic heterocycles. The van der Waals surface area contributed by atoms with E-state index in [0.717, 1.165) is 4.68 Å². The van der Waals surface area contributed by atoms with Gasteiger partial charge in [0.25, 0.3) is 5.91 Å². The lowest BCUT2D eigenvalue weighted by atomic mass is 10.1. The SMILES string of the molecule is C/C(=N/NC(=O)c1c(-c2ccccc2)nnn1-c1nonc1N)c1ccccn1. The first-order valence-corrected chi connectivity index (χ1v) is 8.50. The Bertz CT molecular complexity index is 1170. The first-order valence-electron chi connectivity index (χ1n) is 8.50. The van der Waals surface area contributed by atoms with Crippen molar-refractivity contribution in [2.45, 2.75) is 6.92 Å². The van der Waals surface area contributed by atoms with Crippen LogP contribution >= 0.6 is 0 Å². The first kappa shape index (κ1) is 18.0. The standard InChI is InChI=1S/C18H15N9O2/c1-11(13-9-5-6-10-20-13)21-23-18(28)15-14(12-7-3-2-4-8-12)22-26-27(15)17-16(19)24-29-25-17/h2-10H,1H3,(H2,19,24)(H,23,28)/b21-11-. The molecule has 11 heteroatoms. The van der Waals surface area contributed by atoms with Gasteiger partial charge < -0.3 is 5.73 Å². The summed E-state index contributed by atoms with van der Waals surface area (Å²) in [6.45, 7) is 1.73. The molecule has 0 radical (unpaired) electrons. The molecular weight excluding hydrogens is 374 g/mol. The number of nitrogens with one attached hydrogen (secondary N) is 1. The van der Waals surface area contributed by atoms with Crippen molar-refractivity contribution in [3.8, 4) is 17.1 Å². The van der Waals surface area contributed by atoms with E-state index >= 15 is 0 Å². The van der Waals surface area contributed by atoms with Crippen LogP contribution in [0.15, 0.2) is 64.5 Å². The number of rotatable bonds is 5. The molecule has 0 aliphatic rings. The smallest absolute Gasteiger partial charge is 0.292 e. The molecule has 0 spiro atoms. The van der Waals surface area contributed by atoms with Crippen molar-refractivity contribution < 1.29 is 9.42 Å². The van der Waals surface area contributed by atoms with E-state index in [-0.39, 0.29) is 17.3 Å². The maximum absolute atomic E-state index is 13.0. The molecule has 0 atom stereocenters. The third-order valence-electron chi connectivity index (χ3n) is 3.99. The molecule has 0 saturated carbocycles. The highest BCUT2D eigenvalue weighted by atomic mass is 16.6. The summed E-state index contributed by atoms with van der Waals surface area (Å²) in [6.07, 6.45) is 1.64. The van der Waals surface area contributed by atoms with Crippen LogP contribution in [0.2, 0.25) is 0 Å². The van der Waals surface area contributed by atoms with Crippen molar-refractivity contribution in [2.24, 2.45) is 5.10 Å². The number of pyridine rings is 1. The average Bonchev–Trinajstić information content (AvgIpc) is 3.39. The minimum Gasteiger partial charge on any atom is -0.378 e. The van der Waals surface area contributed by atoms with Crippen LogP contribution in [0, 0.1) is 0 Å². The number of anilines is 1. The Hall–Kier alpha value is -4.41. The van der Waals surface area contributed by atoms with E-state index in [1.807, 2.05) is 24.3 Å². The van der Waals surface area contributed by atoms with Gasteiger partial charge in [0.2, 0.25) is 11.6 Å². The summed E-state index contributed by atoms with van der Waals surface area (Å²) >= 11 is 0. The number of benzene rings is 1. The number of aromatic nitrogens is 6. The molecule has 29 heavy (non-hydrogen) atoms. The van der Waals surface area contributed by atoms with Gasteiger partial charge in [-0.1, -0.05) is 41.6 Å². The molecule has 3 N–H and O–H groups in total. The number of hydrogen-bond acceptors (Lipinski definition) is 9. The summed E-state index contributed by atoms with van der Waals surface area (Å²) in [6, 6.07) is 14.5. The van der Waals surface area contributed by atoms with Gasteiger partial charge in [-0.2, -0.15) is 9.78 Å². The summed E-state index contributed by atoms with van der Waals surface area (Å²) in [4.78, 5) is 17.2. The molecule has 0 aliphatic heterocycles. The second-order valence-corrected chi connectivity index (χ2v) is 5.89. The van der Waals surface area contributed by atoms with Crippen molar-refractivity contribution >= 4 is 17.4 Å². The average molecular weight is 389 g/mol. The van der Waals surface area contributed by atoms with E-state index in [0.29, 0.717) is 22.7 Å². The number of nitrogen functional groups attached to an aromatic ring is 1. The lowest BCUT2D eigenvalue weighted by Gasteiger charge is -2.06. The fraction of sp³-hybridized carbons (Fsp3) is 0.0556. The van der Waals surface area contributed by atoms with Crippen molar-refractivity contribution in [2.75, 3.05) is 5.73 Å². The van der Waals surface area contributed by atoms with Gasteiger partial charge in [-0.25, -0.2) is 10.1 Å². The molecule has 3 heterocycles. The van der Waals surface area contributed by atoms with Gasteiger partial charge in [-0.3, -0.25) is 9.78 Å². The highest BCUT2D eigenvalue weighted by Crippen LogP contribution is 2.24. The Labute approximate surface area is 164 Å². The fourth-order valence-corrected chi connectivity index (χ4v) is 2.58. The lowest BCUT2D eigenvalue weighted by molar-refractivity contribution is 0.0947. The predicted octanol–water partition coefficient (Wildman–Crippen LogP) is 1.45. The second kappa shape index (κ2) is 7.68. The zero-order valence-electron chi connectivity index (χ0n) is 15.2. The Morgan fingerprint density at radius 3 is 2.62 bits per heavy atom. The molecule has 4 aromatic rings. The van der Waals surface area contributed by atoms with Crippen molar-refractivity contribution in [1.82, 2.24) is 35.7 Å². The number of carbonyl (C=O) groups excluding carboxylic acids is 1. The number of carbonyl (C=O) groups is 1. The van der Waals surface area contributed by atoms with Crippen LogP contribution in [0.3, 0.4) is 0 Å². The van der Waals surface area contributed by atoms with Crippen LogP contribution in [0.1, 0.15) is 23.1 Å². The molecule has 144 valence electrons. The van der Waals surface area contributed by atoms with E-state index < -0.39 is 5.91 Å². The second-order valence-electron chi connectivity index (χ2n) is 5.89. The summed E-state index contributed by atoms with van der Waals surface area (Å²) in [5, 5.41) is 19.5. The van der Waals surface area contributed by atoms with Gasteiger partial charge in [-0.15, -0.1) is 5.10 Å². The van der Waals surface area contributed by atoms with Crippen molar-refractivity contribution in [3.05, 3.63) is 66.1 Å². The molecule has 4 rings (SSSR count). The quantitative estimate of drug-likeness (QED) is 0.384. The summed E-state index contributed by atoms with van der Waals surface area (Å²) in [7, 11) is 0. The fourth-order valence-electron chi connectivity index (χ4n) is 2.58. The molecule has 0 aliphatic carbocycles. The van der Waals surface area contributed by atoms with E-state index in [4.69, 9.17) is 5.73 Å². The zero-order chi connectivity index (χ0) is 20.2. The predicted molar refractivity (Wildman–Crippen MR) is 103 cm³/mol. The topological polar surface area (TPSA) is 150 Å². The van der Waals surface area contributed by atoms with E-state index in [1.165, 1.54) is 0 Å². The molecule has 0 fully saturated rings. The summed E-state index contributed by atoms with van der Waals surface area (Å²) in [5.74, 6) is -0.543. The van der Waals surface area contributed by atoms with Crippen LogP contribution in [0.25, 0.3) is 17.1 Å². The minimum absolute atomic E-state index is 0.0308. The Morgan fingerprint density at radius 1 is 1.14 bits per heavy atom. The molecular formula is C18H15N9O2. The van der Waals surface area contributed by atoms with E-state index in [2.05, 4.69) is 40.8 Å². The van der Waals surface area contributed by atoms with Crippen LogP contribution in [-0.2, 0) is 0 Å². The van der Waals surface area contributed by atoms with Crippen LogP contribution in [0.5, 0.6) is 0 Å². The van der Waals surface area contributed by atoms with Gasteiger partial charge in [0, 0.05) is 11.8 Å². The molecule has 0 bridgehead atoms. The molecule has 0 saturated heterocycles. The normalized spacial score (nSPS) is 11.4. The zero-order valence-corrected chi connectivity index (χ0v) is 15.2. The highest BCUT2D eigenvalue weighted by Gasteiger charge is 2.25. The van der Waals surface area contributed by atoms with Crippen LogP contribution in [-0.4, -0.2) is 41.9 Å². The van der Waals surface area contributed by atoms with Crippen molar-refractivity contribution in [1.29, 1.82) is 0 Å². The lowest BCUT2D eigenvalue weighted by Crippen LogP contribution is -2.24. The van der Waals surface area contributed by atoms with Gasteiger partial charge in [0.1, 0.15) is 5.69 Å². The third-order valence-corrected chi connectivity index (χ3v) is 3.99. The Kier molecular flexibility index (Phi) is 4.76. The number of nitrogens with zero attached hydrogens (tertiary/aromatic N) is 7. The number of hydrazone groups is 1. The number of nitrogens with two attached hydrogens (primary N) is 1. The summed E-state index contributed by atoms with van der Waals surface area (Å²) in [5.41, 5.74) is 10.5. The maximum atomic E-state index is 13.0. The number of hydrogen-bond donors (Lipinski definition) is 2. The van der Waals surface area contributed by atoms with Crippen LogP contribution in [0.4, 0.5) is 5.82 Å². The van der Waals surface area contributed by atoms with E-state index in [9.17, 15) is 4.79 Å². The number of amides is 1. The Morgan fingerprint density at radius 2 is 1.93 bits per heavy atom. The summed E-state index contributed by atoms with van der Waals surface area (Å²) < 4.78 is 5.79. The van der Waals surface area contributed by atoms with Crippen molar-refractivity contribution in [3.63, 3.8) is 0 Å². The highest BCUT2D eigenvalue weighted by molar-refractivity contribution is 6.01. The van der Waals surface area contributed by atoms with Gasteiger partial charge in [-0.05, 0) is 29.4 Å². The maximum Gasteiger partial charge on any atom is 0.292 e. The Balaban J connectivity index is 1.74. The van der Waals surface area contributed by atoms with Crippen LogP contribution < -0.4 is 11.2 Å². The van der Waals surface area contributed by atoms with E-state index in [1.54, 1.807) is 37.4 Å².